The van der Waals surface area contributed by atoms with Crippen LogP contribution in [-0.4, -0.2) is 49.2 Å². The second-order valence-corrected chi connectivity index (χ2v) is 3.99. The molecule has 0 aliphatic heterocycles. The predicted octanol–water partition coefficient (Wildman–Crippen LogP) is 0.0728. The van der Waals surface area contributed by atoms with E-state index in [2.05, 4.69) is 19.2 Å². The number of hydrogen-bond donors (Lipinski definition) is 2. The molecular weight excluding hydrogens is 180 g/mol. The van der Waals surface area contributed by atoms with E-state index in [0.717, 1.165) is 13.0 Å². The molecule has 84 valence electrons. The first kappa shape index (κ1) is 13.4. The molecule has 14 heavy (non-hydrogen) atoms. The summed E-state index contributed by atoms with van der Waals surface area (Å²) in [6, 6.07) is 0. The van der Waals surface area contributed by atoms with E-state index in [4.69, 9.17) is 5.11 Å². The van der Waals surface area contributed by atoms with E-state index in [1.54, 1.807) is 4.90 Å². The van der Waals surface area contributed by atoms with Crippen LogP contribution in [0, 0.1) is 5.92 Å². The Kier molecular flexibility index (Phi) is 7.42. The van der Waals surface area contributed by atoms with Gasteiger partial charge in [0.2, 0.25) is 5.91 Å². The standard InChI is InChI=1S/C10H22N2O2/c1-9(2)4-5-11-10(14)8-12(3)6-7-13/h9,13H,4-8H2,1-3H3,(H,11,14). The first-order valence-corrected chi connectivity index (χ1v) is 5.12. The van der Waals surface area contributed by atoms with Crippen LogP contribution in [0.4, 0.5) is 0 Å². The number of rotatable bonds is 7. The minimum atomic E-state index is 0.0293. The molecule has 0 radical (unpaired) electrons. The lowest BCUT2D eigenvalue weighted by Crippen LogP contribution is -2.37. The first-order valence-electron chi connectivity index (χ1n) is 5.12. The Hall–Kier alpha value is -0.610. The van der Waals surface area contributed by atoms with Crippen molar-refractivity contribution in [1.29, 1.82) is 0 Å². The molecule has 4 heteroatoms. The molecule has 0 spiro atoms. The van der Waals surface area contributed by atoms with E-state index < -0.39 is 0 Å². The fourth-order valence-electron chi connectivity index (χ4n) is 1.05. The van der Waals surface area contributed by atoms with Gasteiger partial charge in [-0.25, -0.2) is 0 Å². The van der Waals surface area contributed by atoms with Gasteiger partial charge < -0.3 is 10.4 Å². The van der Waals surface area contributed by atoms with Gasteiger partial charge in [-0.15, -0.1) is 0 Å². The van der Waals surface area contributed by atoms with Crippen molar-refractivity contribution < 1.29 is 9.90 Å². The Balaban J connectivity index is 3.45. The van der Waals surface area contributed by atoms with E-state index in [0.29, 0.717) is 19.0 Å². The van der Waals surface area contributed by atoms with E-state index in [1.165, 1.54) is 0 Å². The fourth-order valence-corrected chi connectivity index (χ4v) is 1.05. The summed E-state index contributed by atoms with van der Waals surface area (Å²) in [7, 11) is 1.82. The number of likely N-dealkylation sites (N-methyl/N-ethyl adjacent to an activating group) is 1. The number of nitrogens with zero attached hydrogens (tertiary/aromatic N) is 1. The lowest BCUT2D eigenvalue weighted by Gasteiger charge is -2.14. The number of aliphatic hydroxyl groups is 1. The zero-order valence-electron chi connectivity index (χ0n) is 9.42. The van der Waals surface area contributed by atoms with Gasteiger partial charge in [0.25, 0.3) is 0 Å². The van der Waals surface area contributed by atoms with Crippen LogP contribution in [0.3, 0.4) is 0 Å². The van der Waals surface area contributed by atoms with Gasteiger partial charge in [0.05, 0.1) is 13.2 Å². The molecule has 0 bridgehead atoms. The van der Waals surface area contributed by atoms with Gasteiger partial charge in [-0.05, 0) is 19.4 Å². The van der Waals surface area contributed by atoms with Crippen LogP contribution in [0.1, 0.15) is 20.3 Å². The van der Waals surface area contributed by atoms with Crippen LogP contribution in [0.25, 0.3) is 0 Å². The van der Waals surface area contributed by atoms with Crippen molar-refractivity contribution in [2.75, 3.05) is 33.3 Å². The molecule has 0 aliphatic carbocycles. The SMILES string of the molecule is CC(C)CCNC(=O)CN(C)CCO. The smallest absolute Gasteiger partial charge is 0.234 e. The Bertz CT molecular complexity index is 160. The van der Waals surface area contributed by atoms with Crippen molar-refractivity contribution in [1.82, 2.24) is 10.2 Å². The highest BCUT2D eigenvalue weighted by molar-refractivity contribution is 5.77. The Morgan fingerprint density at radius 3 is 2.64 bits per heavy atom. The van der Waals surface area contributed by atoms with Crippen molar-refractivity contribution in [3.05, 3.63) is 0 Å². The van der Waals surface area contributed by atoms with Crippen LogP contribution in [-0.2, 0) is 4.79 Å². The van der Waals surface area contributed by atoms with Gasteiger partial charge in [0, 0.05) is 13.1 Å². The maximum atomic E-state index is 11.3. The van der Waals surface area contributed by atoms with E-state index in [-0.39, 0.29) is 12.5 Å². The number of carbonyl (C=O) groups excluding carboxylic acids is 1. The Labute approximate surface area is 86.3 Å². The molecule has 0 saturated heterocycles. The summed E-state index contributed by atoms with van der Waals surface area (Å²) in [6.45, 7) is 5.99. The maximum Gasteiger partial charge on any atom is 0.234 e. The molecule has 0 rings (SSSR count). The summed E-state index contributed by atoms with van der Waals surface area (Å²) in [5, 5.41) is 11.5. The van der Waals surface area contributed by atoms with Crippen LogP contribution in [0.2, 0.25) is 0 Å². The third-order valence-electron chi connectivity index (χ3n) is 1.94. The topological polar surface area (TPSA) is 52.6 Å². The number of hydrogen-bond acceptors (Lipinski definition) is 3. The molecule has 0 aromatic carbocycles. The van der Waals surface area contributed by atoms with Crippen molar-refractivity contribution in [3.63, 3.8) is 0 Å². The van der Waals surface area contributed by atoms with Gasteiger partial charge in [0.15, 0.2) is 0 Å². The van der Waals surface area contributed by atoms with Crippen molar-refractivity contribution in [3.8, 4) is 0 Å². The van der Waals surface area contributed by atoms with E-state index in [1.807, 2.05) is 7.05 Å². The quantitative estimate of drug-likeness (QED) is 0.614. The highest BCUT2D eigenvalue weighted by Crippen LogP contribution is 1.96. The largest absolute Gasteiger partial charge is 0.395 e. The molecule has 2 N–H and O–H groups in total. The second-order valence-electron chi connectivity index (χ2n) is 3.99. The van der Waals surface area contributed by atoms with Gasteiger partial charge >= 0.3 is 0 Å². The highest BCUT2D eigenvalue weighted by Gasteiger charge is 2.05. The lowest BCUT2D eigenvalue weighted by atomic mass is 10.1. The Morgan fingerprint density at radius 2 is 2.14 bits per heavy atom. The van der Waals surface area contributed by atoms with Crippen LogP contribution >= 0.6 is 0 Å². The lowest BCUT2D eigenvalue weighted by molar-refractivity contribution is -0.122. The number of aliphatic hydroxyl groups excluding tert-OH is 1. The summed E-state index contributed by atoms with van der Waals surface area (Å²) in [5.41, 5.74) is 0. The molecule has 0 aliphatic rings. The van der Waals surface area contributed by atoms with Crippen LogP contribution < -0.4 is 5.32 Å². The van der Waals surface area contributed by atoms with Gasteiger partial charge in [0.1, 0.15) is 0 Å². The average molecular weight is 202 g/mol. The van der Waals surface area contributed by atoms with Gasteiger partial charge in [-0.1, -0.05) is 13.8 Å². The first-order chi connectivity index (χ1) is 6.56. The summed E-state index contributed by atoms with van der Waals surface area (Å²) >= 11 is 0. The number of amides is 1. The average Bonchev–Trinajstić information content (AvgIpc) is 2.03. The highest BCUT2D eigenvalue weighted by atomic mass is 16.3. The molecule has 0 unspecified atom stereocenters. The third kappa shape index (κ3) is 8.01. The molecule has 4 nitrogen and oxygen atoms in total. The summed E-state index contributed by atoms with van der Waals surface area (Å²) in [4.78, 5) is 13.1. The summed E-state index contributed by atoms with van der Waals surface area (Å²) in [6.07, 6.45) is 1.01. The fraction of sp³-hybridized carbons (Fsp3) is 0.900. The molecule has 0 aromatic heterocycles. The molecule has 1 amide bonds. The molecule has 0 heterocycles. The van der Waals surface area contributed by atoms with Crippen LogP contribution in [0.5, 0.6) is 0 Å². The van der Waals surface area contributed by atoms with Gasteiger partial charge in [-0.2, -0.15) is 0 Å². The zero-order valence-corrected chi connectivity index (χ0v) is 9.42. The van der Waals surface area contributed by atoms with Crippen molar-refractivity contribution in [2.24, 2.45) is 5.92 Å². The second kappa shape index (κ2) is 7.76. The maximum absolute atomic E-state index is 11.3. The Morgan fingerprint density at radius 1 is 1.50 bits per heavy atom. The molecular formula is C10H22N2O2. The molecule has 0 aromatic rings. The van der Waals surface area contributed by atoms with Crippen molar-refractivity contribution in [2.45, 2.75) is 20.3 Å². The normalized spacial score (nSPS) is 11.0. The molecule has 0 atom stereocenters. The van der Waals surface area contributed by atoms with E-state index in [9.17, 15) is 4.79 Å². The molecule has 0 saturated carbocycles. The minimum absolute atomic E-state index is 0.0293. The summed E-state index contributed by atoms with van der Waals surface area (Å²) in [5.74, 6) is 0.645. The number of nitrogens with one attached hydrogen (secondary N) is 1. The van der Waals surface area contributed by atoms with Gasteiger partial charge in [-0.3, -0.25) is 9.69 Å². The van der Waals surface area contributed by atoms with Crippen LogP contribution in [0.15, 0.2) is 0 Å². The van der Waals surface area contributed by atoms with Crippen molar-refractivity contribution >= 4 is 5.91 Å². The number of carbonyl (C=O) groups is 1. The third-order valence-corrected chi connectivity index (χ3v) is 1.94. The molecule has 0 fully saturated rings. The zero-order chi connectivity index (χ0) is 11.0. The summed E-state index contributed by atoms with van der Waals surface area (Å²) < 4.78 is 0. The monoisotopic (exact) mass is 202 g/mol. The predicted molar refractivity (Wildman–Crippen MR) is 57.0 cm³/mol. The minimum Gasteiger partial charge on any atom is -0.395 e. The van der Waals surface area contributed by atoms with E-state index >= 15 is 0 Å².